The Morgan fingerprint density at radius 2 is 1.79 bits per heavy atom. The Morgan fingerprint density at radius 3 is 2.46 bits per heavy atom. The summed E-state index contributed by atoms with van der Waals surface area (Å²) < 4.78 is 10.6. The van der Waals surface area contributed by atoms with Gasteiger partial charge in [0.05, 0.1) is 26.6 Å². The molecule has 6 nitrogen and oxygen atoms in total. The first-order valence-electron chi connectivity index (χ1n) is 7.50. The minimum atomic E-state index is -0.243. The maximum Gasteiger partial charge on any atom is 0.239 e. The molecule has 2 rings (SSSR count). The van der Waals surface area contributed by atoms with Gasteiger partial charge < -0.3 is 20.1 Å². The zero-order chi connectivity index (χ0) is 17.2. The van der Waals surface area contributed by atoms with Crippen LogP contribution < -0.4 is 20.1 Å². The second-order valence-electron chi connectivity index (χ2n) is 4.91. The van der Waals surface area contributed by atoms with E-state index in [2.05, 4.69) is 10.6 Å². The predicted octanol–water partition coefficient (Wildman–Crippen LogP) is 1.61. The molecule has 0 radical (unpaired) electrons. The molecule has 2 aromatic rings. The maximum atomic E-state index is 11.7. The molecule has 1 aromatic carbocycles. The molecule has 1 heterocycles. The van der Waals surface area contributed by atoms with Crippen molar-refractivity contribution in [2.75, 3.05) is 26.8 Å². The Bertz CT molecular complexity index is 641. The molecule has 0 fully saturated rings. The van der Waals surface area contributed by atoms with E-state index in [0.717, 1.165) is 10.6 Å². The average Bonchev–Trinajstić information content (AvgIpc) is 3.10. The minimum absolute atomic E-state index is 0.0350. The van der Waals surface area contributed by atoms with E-state index in [1.165, 1.54) is 11.3 Å². The molecule has 0 aliphatic rings. The first kappa shape index (κ1) is 17.8. The molecule has 0 aliphatic heterocycles. The molecule has 2 amide bonds. The fourth-order valence-corrected chi connectivity index (χ4v) is 2.61. The normalized spacial score (nSPS) is 10.0. The van der Waals surface area contributed by atoms with Crippen molar-refractivity contribution in [2.24, 2.45) is 0 Å². The van der Waals surface area contributed by atoms with Crippen LogP contribution in [0.2, 0.25) is 0 Å². The minimum Gasteiger partial charge on any atom is -0.497 e. The van der Waals surface area contributed by atoms with Crippen LogP contribution >= 0.6 is 11.3 Å². The van der Waals surface area contributed by atoms with Crippen LogP contribution in [-0.2, 0) is 16.0 Å². The summed E-state index contributed by atoms with van der Waals surface area (Å²) in [6, 6.07) is 11.0. The SMILES string of the molecule is COc1ccc(OCCNC(=O)CNC(=O)Cc2cccs2)cc1. The number of hydrogen-bond acceptors (Lipinski definition) is 5. The van der Waals surface area contributed by atoms with Gasteiger partial charge in [0.25, 0.3) is 0 Å². The number of nitrogens with one attached hydrogen (secondary N) is 2. The molecular formula is C17H20N2O4S. The van der Waals surface area contributed by atoms with Gasteiger partial charge in [-0.1, -0.05) is 6.07 Å². The standard InChI is InChI=1S/C17H20N2O4S/c1-22-13-4-6-14(7-5-13)23-9-8-18-17(21)12-19-16(20)11-15-3-2-10-24-15/h2-7,10H,8-9,11-12H2,1H3,(H,18,21)(H,19,20). The lowest BCUT2D eigenvalue weighted by Gasteiger charge is -2.09. The van der Waals surface area contributed by atoms with Gasteiger partial charge >= 0.3 is 0 Å². The van der Waals surface area contributed by atoms with E-state index in [4.69, 9.17) is 9.47 Å². The Hall–Kier alpha value is -2.54. The van der Waals surface area contributed by atoms with Crippen molar-refractivity contribution in [1.29, 1.82) is 0 Å². The first-order valence-corrected chi connectivity index (χ1v) is 8.38. The molecule has 0 saturated heterocycles. The Balaban J connectivity index is 1.56. The molecule has 128 valence electrons. The van der Waals surface area contributed by atoms with Gasteiger partial charge in [0.2, 0.25) is 11.8 Å². The van der Waals surface area contributed by atoms with Crippen molar-refractivity contribution in [3.8, 4) is 11.5 Å². The molecule has 0 aliphatic carbocycles. The van der Waals surface area contributed by atoms with Gasteiger partial charge in [-0.2, -0.15) is 0 Å². The number of benzene rings is 1. The summed E-state index contributed by atoms with van der Waals surface area (Å²) in [6.45, 7) is 0.680. The molecule has 0 saturated carbocycles. The van der Waals surface area contributed by atoms with Gasteiger partial charge in [0, 0.05) is 4.88 Å². The lowest BCUT2D eigenvalue weighted by molar-refractivity contribution is -0.125. The van der Waals surface area contributed by atoms with Crippen molar-refractivity contribution in [3.05, 3.63) is 46.7 Å². The highest BCUT2D eigenvalue weighted by Crippen LogP contribution is 2.16. The van der Waals surface area contributed by atoms with Crippen LogP contribution in [0.1, 0.15) is 4.88 Å². The maximum absolute atomic E-state index is 11.7. The van der Waals surface area contributed by atoms with Crippen molar-refractivity contribution >= 4 is 23.2 Å². The third-order valence-corrected chi connectivity index (χ3v) is 3.99. The van der Waals surface area contributed by atoms with Crippen LogP contribution in [0.3, 0.4) is 0 Å². The molecule has 2 N–H and O–H groups in total. The van der Waals surface area contributed by atoms with Crippen LogP contribution in [-0.4, -0.2) is 38.6 Å². The van der Waals surface area contributed by atoms with Crippen LogP contribution in [0.15, 0.2) is 41.8 Å². The summed E-state index contributed by atoms with van der Waals surface area (Å²) in [4.78, 5) is 24.3. The molecule has 0 spiro atoms. The molecular weight excluding hydrogens is 328 g/mol. The van der Waals surface area contributed by atoms with E-state index in [9.17, 15) is 9.59 Å². The van der Waals surface area contributed by atoms with E-state index >= 15 is 0 Å². The Kier molecular flexibility index (Phi) is 7.10. The number of thiophene rings is 1. The number of methoxy groups -OCH3 is 1. The highest BCUT2D eigenvalue weighted by atomic mass is 32.1. The number of hydrogen-bond donors (Lipinski definition) is 2. The summed E-state index contributed by atoms with van der Waals surface area (Å²) >= 11 is 1.52. The van der Waals surface area contributed by atoms with Crippen molar-refractivity contribution in [1.82, 2.24) is 10.6 Å². The predicted molar refractivity (Wildman–Crippen MR) is 92.5 cm³/mol. The van der Waals surface area contributed by atoms with Gasteiger partial charge in [-0.05, 0) is 35.7 Å². The Morgan fingerprint density at radius 1 is 1.04 bits per heavy atom. The van der Waals surface area contributed by atoms with Crippen LogP contribution in [0.25, 0.3) is 0 Å². The van der Waals surface area contributed by atoms with Crippen molar-refractivity contribution in [3.63, 3.8) is 0 Å². The lowest BCUT2D eigenvalue weighted by atomic mass is 10.3. The second-order valence-corrected chi connectivity index (χ2v) is 5.94. The fourth-order valence-electron chi connectivity index (χ4n) is 1.91. The fraction of sp³-hybridized carbons (Fsp3) is 0.294. The molecule has 7 heteroatoms. The third kappa shape index (κ3) is 6.29. The second kappa shape index (κ2) is 9.57. The highest BCUT2D eigenvalue weighted by molar-refractivity contribution is 7.10. The summed E-state index contributed by atoms with van der Waals surface area (Å²) in [5.41, 5.74) is 0. The van der Waals surface area contributed by atoms with Crippen molar-refractivity contribution < 1.29 is 19.1 Å². The first-order chi connectivity index (χ1) is 11.7. The quantitative estimate of drug-likeness (QED) is 0.675. The summed E-state index contributed by atoms with van der Waals surface area (Å²) in [5, 5.41) is 7.20. The molecule has 0 bridgehead atoms. The van der Waals surface area contributed by atoms with Gasteiger partial charge in [-0.25, -0.2) is 0 Å². The zero-order valence-electron chi connectivity index (χ0n) is 13.4. The van der Waals surface area contributed by atoms with Crippen LogP contribution in [0.4, 0.5) is 0 Å². The lowest BCUT2D eigenvalue weighted by Crippen LogP contribution is -2.38. The molecule has 24 heavy (non-hydrogen) atoms. The summed E-state index contributed by atoms with van der Waals surface area (Å²) in [6.07, 6.45) is 0.297. The van der Waals surface area contributed by atoms with E-state index in [1.807, 2.05) is 17.5 Å². The highest BCUT2D eigenvalue weighted by Gasteiger charge is 2.06. The van der Waals surface area contributed by atoms with E-state index in [1.54, 1.807) is 31.4 Å². The largest absolute Gasteiger partial charge is 0.497 e. The molecule has 1 aromatic heterocycles. The number of ether oxygens (including phenoxy) is 2. The van der Waals surface area contributed by atoms with Crippen molar-refractivity contribution in [2.45, 2.75) is 6.42 Å². The number of carbonyl (C=O) groups is 2. The van der Waals surface area contributed by atoms with E-state index in [-0.39, 0.29) is 18.4 Å². The smallest absolute Gasteiger partial charge is 0.239 e. The number of carbonyl (C=O) groups excluding carboxylic acids is 2. The molecule has 0 atom stereocenters. The van der Waals surface area contributed by atoms with E-state index in [0.29, 0.717) is 25.3 Å². The Labute approximate surface area is 144 Å². The monoisotopic (exact) mass is 348 g/mol. The van der Waals surface area contributed by atoms with Crippen LogP contribution in [0, 0.1) is 0 Å². The summed E-state index contributed by atoms with van der Waals surface area (Å²) in [7, 11) is 1.60. The van der Waals surface area contributed by atoms with Gasteiger partial charge in [-0.15, -0.1) is 11.3 Å². The van der Waals surface area contributed by atoms with Gasteiger partial charge in [0.15, 0.2) is 0 Å². The number of rotatable bonds is 9. The van der Waals surface area contributed by atoms with Gasteiger partial charge in [0.1, 0.15) is 18.1 Å². The third-order valence-electron chi connectivity index (χ3n) is 3.11. The number of amides is 2. The molecule has 0 unspecified atom stereocenters. The van der Waals surface area contributed by atoms with Gasteiger partial charge in [-0.3, -0.25) is 9.59 Å². The van der Waals surface area contributed by atoms with E-state index < -0.39 is 0 Å². The van der Waals surface area contributed by atoms with Crippen LogP contribution in [0.5, 0.6) is 11.5 Å². The summed E-state index contributed by atoms with van der Waals surface area (Å²) in [5.74, 6) is 1.05. The topological polar surface area (TPSA) is 76.7 Å². The zero-order valence-corrected chi connectivity index (χ0v) is 14.2. The average molecular weight is 348 g/mol.